The molecule has 1 saturated heterocycles. The maximum absolute atomic E-state index is 5.72. The Kier molecular flexibility index (Phi) is 3.87. The van der Waals surface area contributed by atoms with Crippen molar-refractivity contribution in [3.05, 3.63) is 23.8 Å². The highest BCUT2D eigenvalue weighted by molar-refractivity contribution is 5.47. The number of hydrogen-bond acceptors (Lipinski definition) is 5. The monoisotopic (exact) mass is 263 g/mol. The third-order valence-corrected chi connectivity index (χ3v) is 3.64. The summed E-state index contributed by atoms with van der Waals surface area (Å²) in [6, 6.07) is 6.08. The minimum Gasteiger partial charge on any atom is -0.486 e. The van der Waals surface area contributed by atoms with Gasteiger partial charge in [-0.2, -0.15) is 0 Å². The third kappa shape index (κ3) is 3.00. The van der Waals surface area contributed by atoms with Gasteiger partial charge in [-0.15, -0.1) is 0 Å². The number of nitrogens with zero attached hydrogens (tertiary/aromatic N) is 2. The number of likely N-dealkylation sites (N-methyl/N-ethyl adjacent to an activating group) is 1. The summed E-state index contributed by atoms with van der Waals surface area (Å²) in [4.78, 5) is 2.35. The number of ether oxygens (including phenoxy) is 2. The van der Waals surface area contributed by atoms with Gasteiger partial charge in [-0.3, -0.25) is 5.43 Å². The molecular weight excluding hydrogens is 242 g/mol. The summed E-state index contributed by atoms with van der Waals surface area (Å²) in [6.45, 7) is 6.40. The van der Waals surface area contributed by atoms with Gasteiger partial charge in [0.05, 0.1) is 0 Å². The molecule has 2 heterocycles. The number of hydrazine groups is 1. The molecule has 2 aliphatic rings. The molecule has 104 valence electrons. The molecule has 0 radical (unpaired) electrons. The molecule has 0 unspecified atom stereocenters. The Morgan fingerprint density at radius 3 is 2.74 bits per heavy atom. The lowest BCUT2D eigenvalue weighted by Crippen LogP contribution is -2.50. The van der Waals surface area contributed by atoms with Gasteiger partial charge in [-0.25, -0.2) is 5.01 Å². The molecule has 1 aromatic carbocycles. The van der Waals surface area contributed by atoms with Gasteiger partial charge in [0.2, 0.25) is 0 Å². The van der Waals surface area contributed by atoms with E-state index < -0.39 is 0 Å². The topological polar surface area (TPSA) is 37.0 Å². The zero-order valence-corrected chi connectivity index (χ0v) is 11.4. The highest BCUT2D eigenvalue weighted by Crippen LogP contribution is 2.33. The molecule has 0 aliphatic carbocycles. The van der Waals surface area contributed by atoms with Crippen molar-refractivity contribution in [1.29, 1.82) is 0 Å². The lowest BCUT2D eigenvalue weighted by molar-refractivity contribution is 0.101. The van der Waals surface area contributed by atoms with Crippen molar-refractivity contribution < 1.29 is 9.47 Å². The van der Waals surface area contributed by atoms with Crippen LogP contribution in [0.1, 0.15) is 5.56 Å². The fourth-order valence-electron chi connectivity index (χ4n) is 2.43. The van der Waals surface area contributed by atoms with Crippen molar-refractivity contribution in [1.82, 2.24) is 15.3 Å². The molecule has 0 saturated carbocycles. The lowest BCUT2D eigenvalue weighted by Gasteiger charge is -2.33. The normalized spacial score (nSPS) is 20.5. The molecule has 1 aromatic rings. The number of para-hydroxylation sites is 1. The van der Waals surface area contributed by atoms with Gasteiger partial charge in [-0.1, -0.05) is 12.1 Å². The molecule has 0 bridgehead atoms. The van der Waals surface area contributed by atoms with Crippen LogP contribution in [-0.4, -0.2) is 56.3 Å². The molecule has 1 N–H and O–H groups in total. The van der Waals surface area contributed by atoms with Gasteiger partial charge in [0, 0.05) is 38.3 Å². The largest absolute Gasteiger partial charge is 0.486 e. The van der Waals surface area contributed by atoms with Crippen LogP contribution in [0.5, 0.6) is 11.5 Å². The second-order valence-electron chi connectivity index (χ2n) is 5.07. The van der Waals surface area contributed by atoms with E-state index in [1.54, 1.807) is 0 Å². The summed E-state index contributed by atoms with van der Waals surface area (Å²) < 4.78 is 11.3. The molecule has 2 aliphatic heterocycles. The van der Waals surface area contributed by atoms with E-state index in [1.807, 2.05) is 12.1 Å². The van der Waals surface area contributed by atoms with E-state index in [9.17, 15) is 0 Å². The van der Waals surface area contributed by atoms with Gasteiger partial charge in [0.1, 0.15) is 13.2 Å². The van der Waals surface area contributed by atoms with Crippen molar-refractivity contribution in [2.45, 2.75) is 6.54 Å². The molecule has 1 fully saturated rings. The number of benzene rings is 1. The van der Waals surface area contributed by atoms with E-state index >= 15 is 0 Å². The number of fused-ring (bicyclic) bond motifs is 1. The molecule has 19 heavy (non-hydrogen) atoms. The minimum absolute atomic E-state index is 0.637. The summed E-state index contributed by atoms with van der Waals surface area (Å²) in [6.07, 6.45) is 0. The fourth-order valence-corrected chi connectivity index (χ4v) is 2.43. The number of rotatable bonds is 3. The molecule has 0 aromatic heterocycles. The third-order valence-electron chi connectivity index (χ3n) is 3.64. The highest BCUT2D eigenvalue weighted by atomic mass is 16.6. The van der Waals surface area contributed by atoms with Gasteiger partial charge in [0.25, 0.3) is 0 Å². The molecule has 0 amide bonds. The SMILES string of the molecule is CN1CCN(NCc2cccc3c2OCCO3)CC1. The number of piperazine rings is 1. The first kappa shape index (κ1) is 12.7. The van der Waals surface area contributed by atoms with Crippen molar-refractivity contribution in [2.24, 2.45) is 0 Å². The molecule has 3 rings (SSSR count). The Morgan fingerprint density at radius 2 is 1.89 bits per heavy atom. The second-order valence-corrected chi connectivity index (χ2v) is 5.07. The average Bonchev–Trinajstić information content (AvgIpc) is 2.47. The van der Waals surface area contributed by atoms with Crippen LogP contribution < -0.4 is 14.9 Å². The van der Waals surface area contributed by atoms with Gasteiger partial charge >= 0.3 is 0 Å². The van der Waals surface area contributed by atoms with Crippen LogP contribution in [0, 0.1) is 0 Å². The van der Waals surface area contributed by atoms with Crippen molar-refractivity contribution in [2.75, 3.05) is 46.4 Å². The van der Waals surface area contributed by atoms with Crippen molar-refractivity contribution in [3.8, 4) is 11.5 Å². The smallest absolute Gasteiger partial charge is 0.165 e. The van der Waals surface area contributed by atoms with Crippen LogP contribution >= 0.6 is 0 Å². The lowest BCUT2D eigenvalue weighted by atomic mass is 10.2. The van der Waals surface area contributed by atoms with E-state index in [1.165, 1.54) is 0 Å². The number of nitrogens with one attached hydrogen (secondary N) is 1. The molecule has 5 heteroatoms. The zero-order valence-electron chi connectivity index (χ0n) is 11.4. The average molecular weight is 263 g/mol. The van der Waals surface area contributed by atoms with Crippen molar-refractivity contribution in [3.63, 3.8) is 0 Å². The maximum Gasteiger partial charge on any atom is 0.165 e. The van der Waals surface area contributed by atoms with Crippen molar-refractivity contribution >= 4 is 0 Å². The van der Waals surface area contributed by atoms with Crippen LogP contribution in [-0.2, 0) is 6.54 Å². The Bertz CT molecular complexity index is 431. The first-order valence-corrected chi connectivity index (χ1v) is 6.87. The Labute approximate surface area is 114 Å². The van der Waals surface area contributed by atoms with E-state index in [4.69, 9.17) is 9.47 Å². The van der Waals surface area contributed by atoms with Gasteiger partial charge in [0.15, 0.2) is 11.5 Å². The predicted molar refractivity (Wildman–Crippen MR) is 73.3 cm³/mol. The molecule has 0 atom stereocenters. The highest BCUT2D eigenvalue weighted by Gasteiger charge is 2.17. The van der Waals surface area contributed by atoms with Gasteiger partial charge in [-0.05, 0) is 13.1 Å². The number of hydrogen-bond donors (Lipinski definition) is 1. The summed E-state index contributed by atoms with van der Waals surface area (Å²) in [5.41, 5.74) is 4.64. The first-order valence-electron chi connectivity index (χ1n) is 6.87. The van der Waals surface area contributed by atoms with E-state index in [0.29, 0.717) is 13.2 Å². The Hall–Kier alpha value is -1.30. The minimum atomic E-state index is 0.637. The summed E-state index contributed by atoms with van der Waals surface area (Å²) in [5.74, 6) is 1.76. The van der Waals surface area contributed by atoms with Gasteiger partial charge < -0.3 is 14.4 Å². The maximum atomic E-state index is 5.72. The Morgan fingerprint density at radius 1 is 1.11 bits per heavy atom. The van der Waals surface area contributed by atoms with Crippen LogP contribution in [0.25, 0.3) is 0 Å². The van der Waals surface area contributed by atoms with Crippen LogP contribution in [0.15, 0.2) is 18.2 Å². The predicted octanol–water partition coefficient (Wildman–Crippen LogP) is 0.710. The van der Waals surface area contributed by atoms with E-state index in [2.05, 4.69) is 28.4 Å². The van der Waals surface area contributed by atoms with E-state index in [-0.39, 0.29) is 0 Å². The summed E-state index contributed by atoms with van der Waals surface area (Å²) >= 11 is 0. The summed E-state index contributed by atoms with van der Waals surface area (Å²) in [7, 11) is 2.16. The quantitative estimate of drug-likeness (QED) is 0.869. The van der Waals surface area contributed by atoms with Crippen LogP contribution in [0.3, 0.4) is 0 Å². The fraction of sp³-hybridized carbons (Fsp3) is 0.571. The first-order chi connectivity index (χ1) is 9.33. The van der Waals surface area contributed by atoms with Crippen LogP contribution in [0.4, 0.5) is 0 Å². The molecule has 0 spiro atoms. The molecular formula is C14H21N3O2. The second kappa shape index (κ2) is 5.77. The van der Waals surface area contributed by atoms with Crippen LogP contribution in [0.2, 0.25) is 0 Å². The van der Waals surface area contributed by atoms with E-state index in [0.717, 1.165) is 49.8 Å². The zero-order chi connectivity index (χ0) is 13.1. The Balaban J connectivity index is 1.61. The standard InChI is InChI=1S/C14H21N3O2/c1-16-5-7-17(8-6-16)15-11-12-3-2-4-13-14(12)19-10-9-18-13/h2-4,15H,5-11H2,1H3. The summed E-state index contributed by atoms with van der Waals surface area (Å²) in [5, 5.41) is 2.28. The molecule has 5 nitrogen and oxygen atoms in total.